The maximum atomic E-state index is 5.67. The van der Waals surface area contributed by atoms with Crippen LogP contribution in [0.15, 0.2) is 0 Å². The van der Waals surface area contributed by atoms with Crippen LogP contribution in [0.1, 0.15) is 19.8 Å². The van der Waals surface area contributed by atoms with Crippen LogP contribution in [0.5, 0.6) is 0 Å². The van der Waals surface area contributed by atoms with Gasteiger partial charge < -0.3 is 4.74 Å². The Kier molecular flexibility index (Phi) is 1.46. The van der Waals surface area contributed by atoms with Gasteiger partial charge in [0.25, 0.3) is 0 Å². The molecule has 0 amide bonds. The molecule has 2 heterocycles. The van der Waals surface area contributed by atoms with E-state index in [0.29, 0.717) is 5.60 Å². The normalized spacial score (nSPS) is 30.9. The second-order valence-corrected chi connectivity index (χ2v) is 3.44. The first-order valence-corrected chi connectivity index (χ1v) is 4.21. The van der Waals surface area contributed by atoms with Crippen molar-refractivity contribution in [1.29, 1.82) is 0 Å². The van der Waals surface area contributed by atoms with Gasteiger partial charge in [-0.3, -0.25) is 4.90 Å². The summed E-state index contributed by atoms with van der Waals surface area (Å²) in [5.41, 5.74) is 0.315. The van der Waals surface area contributed by atoms with E-state index >= 15 is 0 Å². The molecule has 0 bridgehead atoms. The van der Waals surface area contributed by atoms with Crippen molar-refractivity contribution in [1.82, 2.24) is 4.90 Å². The van der Waals surface area contributed by atoms with Crippen molar-refractivity contribution in [2.24, 2.45) is 0 Å². The van der Waals surface area contributed by atoms with Crippen LogP contribution in [0.2, 0.25) is 0 Å². The molecule has 2 rings (SSSR count). The van der Waals surface area contributed by atoms with Crippen LogP contribution >= 0.6 is 0 Å². The third-order valence-electron chi connectivity index (χ3n) is 2.66. The number of hydrogen-bond donors (Lipinski definition) is 0. The molecule has 2 heteroatoms. The van der Waals surface area contributed by atoms with E-state index in [1.165, 1.54) is 32.5 Å². The molecule has 0 aliphatic carbocycles. The summed E-state index contributed by atoms with van der Waals surface area (Å²) in [4.78, 5) is 2.44. The van der Waals surface area contributed by atoms with Crippen LogP contribution in [0, 0.1) is 0 Å². The number of likely N-dealkylation sites (N-methyl/N-ethyl adjacent to an activating group) is 1. The molecule has 0 saturated carbocycles. The van der Waals surface area contributed by atoms with Crippen molar-refractivity contribution in [2.45, 2.75) is 25.4 Å². The highest BCUT2D eigenvalue weighted by molar-refractivity contribution is 4.98. The van der Waals surface area contributed by atoms with Crippen LogP contribution in [-0.2, 0) is 4.74 Å². The molecule has 0 aromatic rings. The summed E-state index contributed by atoms with van der Waals surface area (Å²) in [6.45, 7) is 6.76. The Morgan fingerprint density at radius 3 is 2.80 bits per heavy atom. The first-order valence-electron chi connectivity index (χ1n) is 4.21. The molecule has 1 spiro atoms. The van der Waals surface area contributed by atoms with Gasteiger partial charge >= 0.3 is 0 Å². The number of ether oxygens (including phenoxy) is 1. The molecule has 10 heavy (non-hydrogen) atoms. The minimum absolute atomic E-state index is 0.315. The first-order chi connectivity index (χ1) is 4.85. The van der Waals surface area contributed by atoms with E-state index in [1.54, 1.807) is 0 Å². The zero-order chi connectivity index (χ0) is 7.03. The second-order valence-electron chi connectivity index (χ2n) is 3.44. The number of nitrogens with zero attached hydrogens (tertiary/aromatic N) is 1. The molecular formula is C8H15NO. The predicted octanol–water partition coefficient (Wildman–Crippen LogP) is 0.871. The molecule has 0 unspecified atom stereocenters. The minimum Gasteiger partial charge on any atom is -0.372 e. The quantitative estimate of drug-likeness (QED) is 0.537. The van der Waals surface area contributed by atoms with Gasteiger partial charge in [0.2, 0.25) is 0 Å². The third-order valence-corrected chi connectivity index (χ3v) is 2.66. The lowest BCUT2D eigenvalue weighted by Crippen LogP contribution is -2.60. The molecule has 2 aliphatic rings. The highest BCUT2D eigenvalue weighted by Gasteiger charge is 2.45. The Balaban J connectivity index is 1.86. The fraction of sp³-hybridized carbons (Fsp3) is 1.00. The van der Waals surface area contributed by atoms with Gasteiger partial charge in [0.1, 0.15) is 0 Å². The lowest BCUT2D eigenvalue weighted by molar-refractivity contribution is -0.109. The van der Waals surface area contributed by atoms with E-state index in [0.717, 1.165) is 6.61 Å². The second kappa shape index (κ2) is 2.21. The van der Waals surface area contributed by atoms with E-state index in [-0.39, 0.29) is 0 Å². The van der Waals surface area contributed by atoms with Gasteiger partial charge in [-0.25, -0.2) is 0 Å². The smallest absolute Gasteiger partial charge is 0.0935 e. The first kappa shape index (κ1) is 6.62. The zero-order valence-corrected chi connectivity index (χ0v) is 6.60. The number of hydrogen-bond acceptors (Lipinski definition) is 2. The Morgan fingerprint density at radius 1 is 1.50 bits per heavy atom. The Bertz CT molecular complexity index is 121. The van der Waals surface area contributed by atoms with Gasteiger partial charge in [-0.15, -0.1) is 0 Å². The standard InChI is InChI=1S/C8H15NO/c1-2-9-6-8(7-9)4-3-5-10-8/h2-7H2,1H3. The number of rotatable bonds is 1. The predicted molar refractivity (Wildman–Crippen MR) is 40.0 cm³/mol. The molecule has 58 valence electrons. The molecule has 2 aliphatic heterocycles. The average molecular weight is 141 g/mol. The molecule has 2 saturated heterocycles. The lowest BCUT2D eigenvalue weighted by Gasteiger charge is -2.46. The maximum absolute atomic E-state index is 5.67. The van der Waals surface area contributed by atoms with Crippen LogP contribution in [-0.4, -0.2) is 36.7 Å². The van der Waals surface area contributed by atoms with E-state index in [2.05, 4.69) is 11.8 Å². The highest BCUT2D eigenvalue weighted by Crippen LogP contribution is 2.34. The van der Waals surface area contributed by atoms with Crippen LogP contribution in [0.4, 0.5) is 0 Å². The fourth-order valence-corrected chi connectivity index (χ4v) is 2.00. The molecule has 2 fully saturated rings. The summed E-state index contributed by atoms with van der Waals surface area (Å²) in [7, 11) is 0. The zero-order valence-electron chi connectivity index (χ0n) is 6.60. The summed E-state index contributed by atoms with van der Waals surface area (Å²) < 4.78 is 5.67. The van der Waals surface area contributed by atoms with Crippen molar-refractivity contribution < 1.29 is 4.74 Å². The van der Waals surface area contributed by atoms with Gasteiger partial charge in [0.05, 0.1) is 5.60 Å². The molecule has 2 nitrogen and oxygen atoms in total. The van der Waals surface area contributed by atoms with Gasteiger partial charge in [0.15, 0.2) is 0 Å². The summed E-state index contributed by atoms with van der Waals surface area (Å²) in [5.74, 6) is 0. The van der Waals surface area contributed by atoms with Crippen molar-refractivity contribution >= 4 is 0 Å². The van der Waals surface area contributed by atoms with Gasteiger partial charge in [-0.1, -0.05) is 6.92 Å². The maximum Gasteiger partial charge on any atom is 0.0935 e. The summed E-state index contributed by atoms with van der Waals surface area (Å²) in [5, 5.41) is 0. The van der Waals surface area contributed by atoms with E-state index in [4.69, 9.17) is 4.74 Å². The largest absolute Gasteiger partial charge is 0.372 e. The fourth-order valence-electron chi connectivity index (χ4n) is 2.00. The lowest BCUT2D eigenvalue weighted by atomic mass is 9.91. The SMILES string of the molecule is CCN1CC2(CCCO2)C1. The Morgan fingerprint density at radius 2 is 2.30 bits per heavy atom. The van der Waals surface area contributed by atoms with Gasteiger partial charge in [0, 0.05) is 19.7 Å². The molecule has 0 atom stereocenters. The van der Waals surface area contributed by atoms with Gasteiger partial charge in [-0.2, -0.15) is 0 Å². The van der Waals surface area contributed by atoms with E-state index < -0.39 is 0 Å². The topological polar surface area (TPSA) is 12.5 Å². The minimum atomic E-state index is 0.315. The monoisotopic (exact) mass is 141 g/mol. The van der Waals surface area contributed by atoms with Crippen LogP contribution in [0.25, 0.3) is 0 Å². The van der Waals surface area contributed by atoms with Gasteiger partial charge in [-0.05, 0) is 19.4 Å². The molecule has 0 aromatic carbocycles. The highest BCUT2D eigenvalue weighted by atomic mass is 16.5. The van der Waals surface area contributed by atoms with Crippen molar-refractivity contribution in [3.05, 3.63) is 0 Å². The summed E-state index contributed by atoms with van der Waals surface area (Å²) in [6.07, 6.45) is 2.57. The summed E-state index contributed by atoms with van der Waals surface area (Å²) >= 11 is 0. The van der Waals surface area contributed by atoms with E-state index in [9.17, 15) is 0 Å². The van der Waals surface area contributed by atoms with Crippen LogP contribution < -0.4 is 0 Å². The molecule has 0 aromatic heterocycles. The number of likely N-dealkylation sites (tertiary alicyclic amines) is 1. The molecule has 0 radical (unpaired) electrons. The Hall–Kier alpha value is -0.0800. The molecular weight excluding hydrogens is 126 g/mol. The Labute approximate surface area is 62.2 Å². The van der Waals surface area contributed by atoms with E-state index in [1.807, 2.05) is 0 Å². The molecule has 0 N–H and O–H groups in total. The van der Waals surface area contributed by atoms with Crippen molar-refractivity contribution in [2.75, 3.05) is 26.2 Å². The van der Waals surface area contributed by atoms with Crippen molar-refractivity contribution in [3.63, 3.8) is 0 Å². The third kappa shape index (κ3) is 0.867. The van der Waals surface area contributed by atoms with Crippen molar-refractivity contribution in [3.8, 4) is 0 Å². The summed E-state index contributed by atoms with van der Waals surface area (Å²) in [6, 6.07) is 0. The average Bonchev–Trinajstić information content (AvgIpc) is 2.30. The van der Waals surface area contributed by atoms with Crippen LogP contribution in [0.3, 0.4) is 0 Å².